The normalized spacial score (nSPS) is 12.6. The number of fused-ring (bicyclic) bond motifs is 1. The standard InChI is InChI=1S/C23H26N2O4/c1-15-7-6-12-25-20(26)13-18(24-21(15)25)14-28-22(27)16(2)29-19-10-8-17(9-11-19)23(3,4)5/h6-13,16H,14H2,1-5H3/t16-/m1/s1. The van der Waals surface area contributed by atoms with Crippen molar-refractivity contribution < 1.29 is 14.3 Å². The molecule has 6 heteroatoms. The molecule has 0 aliphatic rings. The van der Waals surface area contributed by atoms with Gasteiger partial charge in [-0.2, -0.15) is 0 Å². The molecule has 2 aromatic heterocycles. The molecular formula is C23H26N2O4. The van der Waals surface area contributed by atoms with Crippen molar-refractivity contribution in [3.8, 4) is 5.75 Å². The molecule has 2 heterocycles. The Kier molecular flexibility index (Phi) is 5.73. The van der Waals surface area contributed by atoms with Gasteiger partial charge >= 0.3 is 5.97 Å². The Morgan fingerprint density at radius 2 is 1.86 bits per heavy atom. The number of aromatic nitrogens is 2. The van der Waals surface area contributed by atoms with E-state index in [0.717, 1.165) is 5.56 Å². The second-order valence-corrected chi connectivity index (χ2v) is 8.11. The first-order valence-electron chi connectivity index (χ1n) is 9.57. The Morgan fingerprint density at radius 3 is 2.52 bits per heavy atom. The summed E-state index contributed by atoms with van der Waals surface area (Å²) in [7, 11) is 0. The second kappa shape index (κ2) is 8.07. The van der Waals surface area contributed by atoms with Crippen molar-refractivity contribution in [1.82, 2.24) is 9.38 Å². The third kappa shape index (κ3) is 4.83. The predicted molar refractivity (Wildman–Crippen MR) is 111 cm³/mol. The van der Waals surface area contributed by atoms with Gasteiger partial charge in [0.05, 0.1) is 5.69 Å². The average molecular weight is 394 g/mol. The number of hydrogen-bond donors (Lipinski definition) is 0. The van der Waals surface area contributed by atoms with Crippen LogP contribution in [0.1, 0.15) is 44.5 Å². The molecule has 29 heavy (non-hydrogen) atoms. The maximum absolute atomic E-state index is 12.3. The van der Waals surface area contributed by atoms with Crippen LogP contribution in [0.3, 0.4) is 0 Å². The van der Waals surface area contributed by atoms with Gasteiger partial charge in [0.15, 0.2) is 6.10 Å². The molecule has 0 radical (unpaired) electrons. The number of carbonyl (C=O) groups excluding carboxylic acids is 1. The average Bonchev–Trinajstić information content (AvgIpc) is 2.66. The molecule has 0 saturated carbocycles. The highest BCUT2D eigenvalue weighted by atomic mass is 16.6. The highest BCUT2D eigenvalue weighted by Crippen LogP contribution is 2.24. The summed E-state index contributed by atoms with van der Waals surface area (Å²) in [6, 6.07) is 12.7. The SMILES string of the molecule is Cc1cccn2c(=O)cc(COC(=O)[C@@H](C)Oc3ccc(C(C)(C)C)cc3)nc12. The van der Waals surface area contributed by atoms with Crippen LogP contribution in [0, 0.1) is 6.92 Å². The number of carbonyl (C=O) groups is 1. The molecular weight excluding hydrogens is 368 g/mol. The molecule has 6 nitrogen and oxygen atoms in total. The van der Waals surface area contributed by atoms with E-state index in [-0.39, 0.29) is 17.6 Å². The summed E-state index contributed by atoms with van der Waals surface area (Å²) < 4.78 is 12.5. The van der Waals surface area contributed by atoms with E-state index in [1.165, 1.54) is 16.0 Å². The Morgan fingerprint density at radius 1 is 1.17 bits per heavy atom. The highest BCUT2D eigenvalue weighted by molar-refractivity contribution is 5.74. The Balaban J connectivity index is 1.64. The number of pyridine rings is 1. The van der Waals surface area contributed by atoms with Crippen LogP contribution in [0.25, 0.3) is 5.65 Å². The van der Waals surface area contributed by atoms with Crippen LogP contribution >= 0.6 is 0 Å². The van der Waals surface area contributed by atoms with E-state index >= 15 is 0 Å². The lowest BCUT2D eigenvalue weighted by atomic mass is 9.87. The molecule has 0 saturated heterocycles. The monoisotopic (exact) mass is 394 g/mol. The number of rotatable bonds is 5. The molecule has 0 bridgehead atoms. The third-order valence-corrected chi connectivity index (χ3v) is 4.67. The van der Waals surface area contributed by atoms with Crippen molar-refractivity contribution >= 4 is 11.6 Å². The van der Waals surface area contributed by atoms with Crippen molar-refractivity contribution in [2.24, 2.45) is 0 Å². The number of hydrogen-bond acceptors (Lipinski definition) is 5. The van der Waals surface area contributed by atoms with E-state index in [1.54, 1.807) is 19.2 Å². The molecule has 0 aliphatic heterocycles. The first-order chi connectivity index (χ1) is 13.6. The minimum Gasteiger partial charge on any atom is -0.479 e. The zero-order valence-corrected chi connectivity index (χ0v) is 17.4. The lowest BCUT2D eigenvalue weighted by Crippen LogP contribution is -2.26. The number of esters is 1. The van der Waals surface area contributed by atoms with Crippen LogP contribution in [0.4, 0.5) is 0 Å². The molecule has 0 N–H and O–H groups in total. The highest BCUT2D eigenvalue weighted by Gasteiger charge is 2.18. The Labute approximate surface area is 170 Å². The quantitative estimate of drug-likeness (QED) is 0.616. The van der Waals surface area contributed by atoms with Gasteiger partial charge in [0, 0.05) is 12.3 Å². The van der Waals surface area contributed by atoms with Gasteiger partial charge in [-0.15, -0.1) is 0 Å². The van der Waals surface area contributed by atoms with Crippen molar-refractivity contribution in [3.05, 3.63) is 75.8 Å². The van der Waals surface area contributed by atoms with E-state index in [9.17, 15) is 9.59 Å². The first-order valence-corrected chi connectivity index (χ1v) is 9.57. The van der Waals surface area contributed by atoms with Gasteiger partial charge in [-0.1, -0.05) is 39.0 Å². The second-order valence-electron chi connectivity index (χ2n) is 8.11. The molecule has 1 atom stereocenters. The molecule has 0 fully saturated rings. The lowest BCUT2D eigenvalue weighted by Gasteiger charge is -2.20. The van der Waals surface area contributed by atoms with Crippen molar-refractivity contribution in [2.75, 3.05) is 0 Å². The van der Waals surface area contributed by atoms with Gasteiger partial charge in [-0.3, -0.25) is 9.20 Å². The number of nitrogens with zero attached hydrogens (tertiary/aromatic N) is 2. The van der Waals surface area contributed by atoms with Gasteiger partial charge < -0.3 is 9.47 Å². The van der Waals surface area contributed by atoms with Crippen molar-refractivity contribution in [1.29, 1.82) is 0 Å². The Bertz CT molecular complexity index is 1080. The molecule has 3 aromatic rings. The largest absolute Gasteiger partial charge is 0.479 e. The summed E-state index contributed by atoms with van der Waals surface area (Å²) in [5.74, 6) is 0.0804. The zero-order chi connectivity index (χ0) is 21.2. The Hall–Kier alpha value is -3.15. The maximum atomic E-state index is 12.3. The number of benzene rings is 1. The van der Waals surface area contributed by atoms with Crippen LogP contribution in [-0.4, -0.2) is 21.5 Å². The summed E-state index contributed by atoms with van der Waals surface area (Å²) in [6.45, 7) is 9.83. The van der Waals surface area contributed by atoms with Gasteiger partial charge in [0.25, 0.3) is 5.56 Å². The maximum Gasteiger partial charge on any atom is 0.347 e. The van der Waals surface area contributed by atoms with E-state index in [1.807, 2.05) is 37.3 Å². The van der Waals surface area contributed by atoms with Gasteiger partial charge in [-0.25, -0.2) is 9.78 Å². The summed E-state index contributed by atoms with van der Waals surface area (Å²) in [5.41, 5.74) is 2.84. The minimum atomic E-state index is -0.779. The predicted octanol–water partition coefficient (Wildman–Crippen LogP) is 3.81. The smallest absolute Gasteiger partial charge is 0.347 e. The molecule has 0 spiro atoms. The summed E-state index contributed by atoms with van der Waals surface area (Å²) in [5, 5.41) is 0. The van der Waals surface area contributed by atoms with E-state index in [4.69, 9.17) is 9.47 Å². The third-order valence-electron chi connectivity index (χ3n) is 4.67. The summed E-state index contributed by atoms with van der Waals surface area (Å²) >= 11 is 0. The number of ether oxygens (including phenoxy) is 2. The van der Waals surface area contributed by atoms with Gasteiger partial charge in [0.1, 0.15) is 18.0 Å². The topological polar surface area (TPSA) is 69.9 Å². The van der Waals surface area contributed by atoms with E-state index in [2.05, 4.69) is 25.8 Å². The van der Waals surface area contributed by atoms with Crippen LogP contribution in [0.15, 0.2) is 53.5 Å². The number of aryl methyl sites for hydroxylation is 1. The zero-order valence-electron chi connectivity index (χ0n) is 17.4. The van der Waals surface area contributed by atoms with Crippen molar-refractivity contribution in [2.45, 2.75) is 52.7 Å². The molecule has 152 valence electrons. The minimum absolute atomic E-state index is 0.0486. The fourth-order valence-electron chi connectivity index (χ4n) is 2.93. The molecule has 0 amide bonds. The van der Waals surface area contributed by atoms with E-state index < -0.39 is 12.1 Å². The van der Waals surface area contributed by atoms with Gasteiger partial charge in [0.2, 0.25) is 0 Å². The van der Waals surface area contributed by atoms with Crippen LogP contribution < -0.4 is 10.3 Å². The lowest BCUT2D eigenvalue weighted by molar-refractivity contribution is -0.152. The van der Waals surface area contributed by atoms with Crippen LogP contribution in [0.5, 0.6) is 5.75 Å². The van der Waals surface area contributed by atoms with E-state index in [0.29, 0.717) is 17.1 Å². The van der Waals surface area contributed by atoms with Gasteiger partial charge in [-0.05, 0) is 48.6 Å². The molecule has 0 unspecified atom stereocenters. The molecule has 1 aromatic carbocycles. The van der Waals surface area contributed by atoms with Crippen LogP contribution in [0.2, 0.25) is 0 Å². The van der Waals surface area contributed by atoms with Crippen LogP contribution in [-0.2, 0) is 21.6 Å². The fourth-order valence-corrected chi connectivity index (χ4v) is 2.93. The summed E-state index contributed by atoms with van der Waals surface area (Å²) in [6.07, 6.45) is 0.882. The fraction of sp³-hybridized carbons (Fsp3) is 0.348. The summed E-state index contributed by atoms with van der Waals surface area (Å²) in [4.78, 5) is 29.0. The van der Waals surface area contributed by atoms with Crippen molar-refractivity contribution in [3.63, 3.8) is 0 Å². The first kappa shape index (κ1) is 20.6. The molecule has 0 aliphatic carbocycles. The molecule has 3 rings (SSSR count).